The largest absolute Gasteiger partial charge is 0.392 e. The van der Waals surface area contributed by atoms with Crippen molar-refractivity contribution in [2.24, 2.45) is 0 Å². The minimum Gasteiger partial charge on any atom is -0.392 e. The summed E-state index contributed by atoms with van der Waals surface area (Å²) in [5, 5.41) is 0.0525. The summed E-state index contributed by atoms with van der Waals surface area (Å²) in [6.45, 7) is 4.48. The van der Waals surface area contributed by atoms with Gasteiger partial charge in [0.2, 0.25) is 0 Å². The van der Waals surface area contributed by atoms with Gasteiger partial charge in [0.1, 0.15) is 5.69 Å². The van der Waals surface area contributed by atoms with Crippen LogP contribution in [0.5, 0.6) is 0 Å². The molecule has 0 spiro atoms. The maximum absolute atomic E-state index is 11.9. The minimum absolute atomic E-state index is 0.0106. The molecule has 0 bridgehead atoms. The molecule has 2 rings (SSSR count). The van der Waals surface area contributed by atoms with Crippen LogP contribution in [-0.4, -0.2) is 9.55 Å². The van der Waals surface area contributed by atoms with Gasteiger partial charge in [-0.2, -0.15) is 0 Å². The number of nitrogens with two attached hydrogens (primary N) is 1. The predicted molar refractivity (Wildman–Crippen MR) is 72.9 cm³/mol. The molecule has 94 valence electrons. The van der Waals surface area contributed by atoms with Crippen molar-refractivity contribution in [3.63, 3.8) is 0 Å². The Bertz CT molecular complexity index is 629. The second kappa shape index (κ2) is 4.82. The van der Waals surface area contributed by atoms with Gasteiger partial charge < -0.3 is 5.73 Å². The lowest BCUT2D eigenvalue weighted by atomic mass is 10.1. The molecule has 4 nitrogen and oxygen atoms in total. The van der Waals surface area contributed by atoms with Crippen molar-refractivity contribution in [3.05, 3.63) is 56.7 Å². The van der Waals surface area contributed by atoms with Crippen molar-refractivity contribution < 1.29 is 0 Å². The Labute approximate surface area is 110 Å². The van der Waals surface area contributed by atoms with E-state index in [2.05, 4.69) is 11.1 Å². The highest BCUT2D eigenvalue weighted by Crippen LogP contribution is 2.12. The standard InChI is InChI=1S/C13H14ClN3O/c1-8-3-9(2)5-10(4-8)6-17-7-16-12(14)11(15)13(17)18/h3-5,7H,6,15H2,1-2H3. The average Bonchev–Trinajstić information content (AvgIpc) is 2.29. The van der Waals surface area contributed by atoms with E-state index in [9.17, 15) is 4.79 Å². The first-order chi connectivity index (χ1) is 8.47. The smallest absolute Gasteiger partial charge is 0.278 e. The first-order valence-electron chi connectivity index (χ1n) is 5.55. The highest BCUT2D eigenvalue weighted by atomic mass is 35.5. The lowest BCUT2D eigenvalue weighted by Gasteiger charge is -2.08. The quantitative estimate of drug-likeness (QED) is 0.845. The Morgan fingerprint density at radius 3 is 2.50 bits per heavy atom. The van der Waals surface area contributed by atoms with Crippen LogP contribution in [0, 0.1) is 13.8 Å². The molecule has 1 heterocycles. The van der Waals surface area contributed by atoms with Gasteiger partial charge in [-0.15, -0.1) is 0 Å². The van der Waals surface area contributed by atoms with Gasteiger partial charge >= 0.3 is 0 Å². The molecule has 1 aromatic carbocycles. The lowest BCUT2D eigenvalue weighted by Crippen LogP contribution is -2.24. The van der Waals surface area contributed by atoms with Crippen molar-refractivity contribution in [3.8, 4) is 0 Å². The fraction of sp³-hybridized carbons (Fsp3) is 0.231. The Morgan fingerprint density at radius 2 is 1.89 bits per heavy atom. The van der Waals surface area contributed by atoms with Crippen molar-refractivity contribution in [1.29, 1.82) is 0 Å². The molecule has 0 unspecified atom stereocenters. The Hall–Kier alpha value is -1.81. The normalized spacial score (nSPS) is 10.6. The zero-order valence-electron chi connectivity index (χ0n) is 10.3. The number of hydrogen-bond donors (Lipinski definition) is 1. The van der Waals surface area contributed by atoms with Crippen molar-refractivity contribution in [2.45, 2.75) is 20.4 Å². The molecular weight excluding hydrogens is 250 g/mol. The van der Waals surface area contributed by atoms with Gasteiger partial charge in [-0.1, -0.05) is 40.9 Å². The number of halogens is 1. The van der Waals surface area contributed by atoms with Crippen molar-refractivity contribution >= 4 is 17.3 Å². The molecule has 18 heavy (non-hydrogen) atoms. The van der Waals surface area contributed by atoms with Gasteiger partial charge in [-0.25, -0.2) is 4.98 Å². The summed E-state index contributed by atoms with van der Waals surface area (Å²) in [5.74, 6) is 0. The molecule has 5 heteroatoms. The maximum atomic E-state index is 11.9. The second-order valence-electron chi connectivity index (χ2n) is 4.38. The molecule has 0 saturated carbocycles. The molecular formula is C13H14ClN3O. The van der Waals surface area contributed by atoms with E-state index in [0.717, 1.165) is 16.7 Å². The third kappa shape index (κ3) is 2.54. The van der Waals surface area contributed by atoms with E-state index >= 15 is 0 Å². The number of nitrogen functional groups attached to an aromatic ring is 1. The van der Waals surface area contributed by atoms with Crippen LogP contribution in [0.2, 0.25) is 5.15 Å². The van der Waals surface area contributed by atoms with Crippen LogP contribution in [-0.2, 0) is 6.54 Å². The number of anilines is 1. The molecule has 0 amide bonds. The van der Waals surface area contributed by atoms with E-state index in [0.29, 0.717) is 6.54 Å². The van der Waals surface area contributed by atoms with Crippen LogP contribution in [0.1, 0.15) is 16.7 Å². The Balaban J connectivity index is 2.40. The van der Waals surface area contributed by atoms with Gasteiger partial charge in [0, 0.05) is 0 Å². The molecule has 2 N–H and O–H groups in total. The fourth-order valence-corrected chi connectivity index (χ4v) is 2.08. The van der Waals surface area contributed by atoms with Crippen molar-refractivity contribution in [1.82, 2.24) is 9.55 Å². The van der Waals surface area contributed by atoms with Gasteiger partial charge in [-0.05, 0) is 19.4 Å². The van der Waals surface area contributed by atoms with E-state index in [1.807, 2.05) is 26.0 Å². The maximum Gasteiger partial charge on any atom is 0.278 e. The summed E-state index contributed by atoms with van der Waals surface area (Å²) in [7, 11) is 0. The van der Waals surface area contributed by atoms with Gasteiger partial charge in [-0.3, -0.25) is 9.36 Å². The number of aromatic nitrogens is 2. The first-order valence-corrected chi connectivity index (χ1v) is 5.93. The Morgan fingerprint density at radius 1 is 1.28 bits per heavy atom. The number of rotatable bonds is 2. The topological polar surface area (TPSA) is 60.9 Å². The second-order valence-corrected chi connectivity index (χ2v) is 4.74. The van der Waals surface area contributed by atoms with Crippen LogP contribution in [0.4, 0.5) is 5.69 Å². The van der Waals surface area contributed by atoms with E-state index < -0.39 is 0 Å². The monoisotopic (exact) mass is 263 g/mol. The zero-order chi connectivity index (χ0) is 13.3. The van der Waals surface area contributed by atoms with Crippen molar-refractivity contribution in [2.75, 3.05) is 5.73 Å². The molecule has 0 radical (unpaired) electrons. The molecule has 0 saturated heterocycles. The van der Waals surface area contributed by atoms with E-state index in [1.54, 1.807) is 0 Å². The summed E-state index contributed by atoms with van der Waals surface area (Å²) in [6.07, 6.45) is 1.42. The molecule has 0 fully saturated rings. The van der Waals surface area contributed by atoms with E-state index in [4.69, 9.17) is 17.3 Å². The highest BCUT2D eigenvalue weighted by Gasteiger charge is 2.06. The molecule has 2 aromatic rings. The van der Waals surface area contributed by atoms with Crippen LogP contribution in [0.3, 0.4) is 0 Å². The van der Waals surface area contributed by atoms with Crippen LogP contribution in [0.25, 0.3) is 0 Å². The molecule has 0 aliphatic rings. The SMILES string of the molecule is Cc1cc(C)cc(Cn2cnc(Cl)c(N)c2=O)c1. The number of nitrogens with zero attached hydrogens (tertiary/aromatic N) is 2. The van der Waals surface area contributed by atoms with Gasteiger partial charge in [0.25, 0.3) is 5.56 Å². The fourth-order valence-electron chi connectivity index (χ4n) is 1.95. The summed E-state index contributed by atoms with van der Waals surface area (Å²) in [4.78, 5) is 15.8. The lowest BCUT2D eigenvalue weighted by molar-refractivity contribution is 0.738. The first kappa shape index (κ1) is 12.6. The Kier molecular flexibility index (Phi) is 3.39. The highest BCUT2D eigenvalue weighted by molar-refractivity contribution is 6.31. The third-order valence-corrected chi connectivity index (χ3v) is 2.96. The summed E-state index contributed by atoms with van der Waals surface area (Å²) in [6, 6.07) is 6.15. The summed E-state index contributed by atoms with van der Waals surface area (Å²) in [5.41, 5.74) is 8.61. The molecule has 0 aliphatic carbocycles. The molecule has 0 aliphatic heterocycles. The third-order valence-electron chi connectivity index (χ3n) is 2.66. The van der Waals surface area contributed by atoms with Gasteiger partial charge in [0.05, 0.1) is 12.9 Å². The predicted octanol–water partition coefficient (Wildman–Crippen LogP) is 2.14. The number of benzene rings is 1. The van der Waals surface area contributed by atoms with Gasteiger partial charge in [0.15, 0.2) is 5.15 Å². The summed E-state index contributed by atoms with van der Waals surface area (Å²) < 4.78 is 1.45. The average molecular weight is 264 g/mol. The minimum atomic E-state index is -0.311. The van der Waals surface area contributed by atoms with E-state index in [1.165, 1.54) is 10.9 Å². The molecule has 1 aromatic heterocycles. The number of hydrogen-bond acceptors (Lipinski definition) is 3. The van der Waals surface area contributed by atoms with E-state index in [-0.39, 0.29) is 16.4 Å². The zero-order valence-corrected chi connectivity index (χ0v) is 11.0. The molecule has 0 atom stereocenters. The van der Waals surface area contributed by atoms with Crippen LogP contribution in [0.15, 0.2) is 29.3 Å². The van der Waals surface area contributed by atoms with Crippen LogP contribution >= 0.6 is 11.6 Å². The number of aryl methyl sites for hydroxylation is 2. The summed E-state index contributed by atoms with van der Waals surface area (Å²) >= 11 is 5.69. The van der Waals surface area contributed by atoms with Crippen LogP contribution < -0.4 is 11.3 Å².